The topological polar surface area (TPSA) is 77.8 Å². The lowest BCUT2D eigenvalue weighted by Crippen LogP contribution is -2.58. The number of rotatable bonds is 4. The van der Waals surface area contributed by atoms with Crippen molar-refractivity contribution in [3.8, 4) is 0 Å². The van der Waals surface area contributed by atoms with Crippen LogP contribution in [-0.4, -0.2) is 33.5 Å². The summed E-state index contributed by atoms with van der Waals surface area (Å²) < 4.78 is 0. The van der Waals surface area contributed by atoms with E-state index in [1.807, 2.05) is 0 Å². The molecule has 0 aromatic rings. The van der Waals surface area contributed by atoms with Gasteiger partial charge in [0.2, 0.25) is 0 Å². The van der Waals surface area contributed by atoms with E-state index in [1.54, 1.807) is 0 Å². The zero-order chi connectivity index (χ0) is 20.3. The van der Waals surface area contributed by atoms with Gasteiger partial charge in [-0.05, 0) is 104 Å². The van der Waals surface area contributed by atoms with Crippen molar-refractivity contribution in [3.63, 3.8) is 0 Å². The Labute approximate surface area is 170 Å². The molecular weight excluding hydrogens is 352 g/mol. The van der Waals surface area contributed by atoms with E-state index in [-0.39, 0.29) is 29.5 Å². The number of aliphatic hydroxyl groups excluding tert-OH is 2. The molecule has 4 saturated carbocycles. The molecule has 0 bridgehead atoms. The van der Waals surface area contributed by atoms with Gasteiger partial charge in [-0.3, -0.25) is 4.79 Å². The first-order valence-corrected chi connectivity index (χ1v) is 11.7. The predicted octanol–water partition coefficient (Wildman–Crippen LogP) is 4.48. The van der Waals surface area contributed by atoms with Gasteiger partial charge in [0.25, 0.3) is 0 Å². The van der Waals surface area contributed by atoms with Crippen molar-refractivity contribution in [1.29, 1.82) is 0 Å². The minimum atomic E-state index is -0.684. The van der Waals surface area contributed by atoms with Crippen molar-refractivity contribution >= 4 is 5.97 Å². The monoisotopic (exact) mass is 392 g/mol. The van der Waals surface area contributed by atoms with E-state index in [0.29, 0.717) is 35.5 Å². The van der Waals surface area contributed by atoms with Crippen molar-refractivity contribution in [1.82, 2.24) is 0 Å². The average molecular weight is 393 g/mol. The molecule has 10 atom stereocenters. The van der Waals surface area contributed by atoms with Gasteiger partial charge in [0.1, 0.15) is 0 Å². The Balaban J connectivity index is 1.55. The highest BCUT2D eigenvalue weighted by Crippen LogP contribution is 2.68. The van der Waals surface area contributed by atoms with Crippen molar-refractivity contribution in [2.24, 2.45) is 46.3 Å². The van der Waals surface area contributed by atoms with Gasteiger partial charge in [0, 0.05) is 6.42 Å². The van der Waals surface area contributed by atoms with Crippen molar-refractivity contribution in [2.45, 2.75) is 97.2 Å². The van der Waals surface area contributed by atoms with Gasteiger partial charge in [-0.25, -0.2) is 0 Å². The largest absolute Gasteiger partial charge is 0.481 e. The van der Waals surface area contributed by atoms with E-state index in [9.17, 15) is 15.0 Å². The Morgan fingerprint density at radius 1 is 1.00 bits per heavy atom. The average Bonchev–Trinajstić information content (AvgIpc) is 2.98. The van der Waals surface area contributed by atoms with Gasteiger partial charge in [0.15, 0.2) is 0 Å². The van der Waals surface area contributed by atoms with Crippen molar-refractivity contribution in [3.05, 3.63) is 0 Å². The van der Waals surface area contributed by atoms with Crippen LogP contribution in [0.4, 0.5) is 0 Å². The fraction of sp³-hybridized carbons (Fsp3) is 0.958. The summed E-state index contributed by atoms with van der Waals surface area (Å²) in [6, 6.07) is 0. The lowest BCUT2D eigenvalue weighted by atomic mass is 9.43. The molecule has 4 rings (SSSR count). The normalized spacial score (nSPS) is 51.7. The van der Waals surface area contributed by atoms with Crippen LogP contribution in [0.5, 0.6) is 0 Å². The maximum absolute atomic E-state index is 11.2. The van der Waals surface area contributed by atoms with Crippen LogP contribution in [0.3, 0.4) is 0 Å². The van der Waals surface area contributed by atoms with Gasteiger partial charge < -0.3 is 15.3 Å². The fourth-order valence-electron chi connectivity index (χ4n) is 8.73. The number of fused-ring (bicyclic) bond motifs is 5. The van der Waals surface area contributed by atoms with Gasteiger partial charge in [0.05, 0.1) is 12.2 Å². The standard InChI is InChI=1S/C24H40O4/c1-14(4-7-21(27)28)17-5-6-18-22-19(9-11-24(17,18)3)23(2)10-8-16(25)12-15(23)13-20(22)26/h14-20,22,25-26H,4-13H2,1-3H3,(H,27,28)/t14?,15?,16-,17+,18?,19?,20?,22?,23-,24+/m0/s1. The highest BCUT2D eigenvalue weighted by atomic mass is 16.4. The molecule has 0 radical (unpaired) electrons. The summed E-state index contributed by atoms with van der Waals surface area (Å²) in [6.07, 6.45) is 9.19. The van der Waals surface area contributed by atoms with Crippen LogP contribution in [-0.2, 0) is 4.79 Å². The first-order chi connectivity index (χ1) is 13.2. The molecule has 4 heteroatoms. The molecule has 0 aliphatic heterocycles. The third kappa shape index (κ3) is 3.14. The van der Waals surface area contributed by atoms with Crippen molar-refractivity contribution < 1.29 is 20.1 Å². The lowest BCUT2D eigenvalue weighted by molar-refractivity contribution is -0.174. The molecule has 4 aliphatic carbocycles. The van der Waals surface area contributed by atoms with Gasteiger partial charge in [-0.1, -0.05) is 20.8 Å². The molecule has 0 amide bonds. The molecule has 0 aromatic carbocycles. The summed E-state index contributed by atoms with van der Waals surface area (Å²) in [5.41, 5.74) is 0.523. The summed E-state index contributed by atoms with van der Waals surface area (Å²) in [4.78, 5) is 11.1. The van der Waals surface area contributed by atoms with Crippen LogP contribution in [0.1, 0.15) is 85.0 Å². The summed E-state index contributed by atoms with van der Waals surface area (Å²) in [5, 5.41) is 30.5. The third-order valence-electron chi connectivity index (χ3n) is 10.2. The minimum absolute atomic E-state index is 0.179. The fourth-order valence-corrected chi connectivity index (χ4v) is 8.73. The molecule has 0 saturated heterocycles. The summed E-state index contributed by atoms with van der Waals surface area (Å²) in [7, 11) is 0. The molecular formula is C24H40O4. The molecule has 4 aliphatic rings. The Hall–Kier alpha value is -0.610. The first kappa shape index (κ1) is 20.7. The number of hydrogen-bond acceptors (Lipinski definition) is 3. The van der Waals surface area contributed by atoms with Crippen LogP contribution in [0, 0.1) is 46.3 Å². The van der Waals surface area contributed by atoms with Gasteiger partial charge >= 0.3 is 5.97 Å². The molecule has 3 N–H and O–H groups in total. The summed E-state index contributed by atoms with van der Waals surface area (Å²) in [6.45, 7) is 7.16. The summed E-state index contributed by atoms with van der Waals surface area (Å²) >= 11 is 0. The number of carboxylic acid groups (broad SMARTS) is 1. The Kier molecular flexibility index (Phi) is 5.36. The molecule has 160 valence electrons. The van der Waals surface area contributed by atoms with E-state index >= 15 is 0 Å². The van der Waals surface area contributed by atoms with Crippen LogP contribution < -0.4 is 0 Å². The first-order valence-electron chi connectivity index (χ1n) is 11.7. The van der Waals surface area contributed by atoms with Gasteiger partial charge in [-0.2, -0.15) is 0 Å². The van der Waals surface area contributed by atoms with Crippen LogP contribution in [0.25, 0.3) is 0 Å². The molecule has 0 heterocycles. The van der Waals surface area contributed by atoms with Crippen molar-refractivity contribution in [2.75, 3.05) is 0 Å². The molecule has 0 spiro atoms. The highest BCUT2D eigenvalue weighted by molar-refractivity contribution is 5.66. The second kappa shape index (κ2) is 7.27. The Morgan fingerprint density at radius 2 is 1.68 bits per heavy atom. The van der Waals surface area contributed by atoms with Crippen LogP contribution in [0.2, 0.25) is 0 Å². The molecule has 6 unspecified atom stereocenters. The second-order valence-corrected chi connectivity index (χ2v) is 11.4. The van der Waals surface area contributed by atoms with E-state index < -0.39 is 5.97 Å². The zero-order valence-corrected chi connectivity index (χ0v) is 17.9. The smallest absolute Gasteiger partial charge is 0.303 e. The maximum Gasteiger partial charge on any atom is 0.303 e. The number of aliphatic carboxylic acids is 1. The van der Waals surface area contributed by atoms with E-state index in [1.165, 1.54) is 25.7 Å². The zero-order valence-electron chi connectivity index (χ0n) is 17.9. The molecule has 28 heavy (non-hydrogen) atoms. The third-order valence-corrected chi connectivity index (χ3v) is 10.2. The quantitative estimate of drug-likeness (QED) is 0.659. The molecule has 4 nitrogen and oxygen atoms in total. The lowest BCUT2D eigenvalue weighted by Gasteiger charge is -2.62. The Morgan fingerprint density at radius 3 is 2.39 bits per heavy atom. The molecule has 4 fully saturated rings. The van der Waals surface area contributed by atoms with Gasteiger partial charge in [-0.15, -0.1) is 0 Å². The summed E-state index contributed by atoms with van der Waals surface area (Å²) in [5.74, 6) is 2.36. The predicted molar refractivity (Wildman–Crippen MR) is 109 cm³/mol. The van der Waals surface area contributed by atoms with E-state index in [2.05, 4.69) is 20.8 Å². The van der Waals surface area contributed by atoms with E-state index in [0.717, 1.165) is 32.1 Å². The second-order valence-electron chi connectivity index (χ2n) is 11.4. The molecule has 0 aromatic heterocycles. The Bertz CT molecular complexity index is 605. The number of hydrogen-bond donors (Lipinski definition) is 3. The SMILES string of the molecule is CC(CCC(=O)O)[C@H]1CCC2C3C(O)CC4C[C@@H](O)CC[C@]4(C)C3CC[C@@]21C. The number of aliphatic hydroxyl groups is 2. The maximum atomic E-state index is 11.2. The minimum Gasteiger partial charge on any atom is -0.481 e. The number of carboxylic acids is 1. The van der Waals surface area contributed by atoms with Crippen LogP contribution in [0.15, 0.2) is 0 Å². The van der Waals surface area contributed by atoms with Crippen LogP contribution >= 0.6 is 0 Å². The highest BCUT2D eigenvalue weighted by Gasteiger charge is 2.62. The number of carbonyl (C=O) groups is 1. The van der Waals surface area contributed by atoms with E-state index in [4.69, 9.17) is 5.11 Å².